The summed E-state index contributed by atoms with van der Waals surface area (Å²) >= 11 is 0. The largest absolute Gasteiger partial charge is 0.497 e. The van der Waals surface area contributed by atoms with E-state index in [9.17, 15) is 5.11 Å². The highest BCUT2D eigenvalue weighted by molar-refractivity contribution is 5.40. The third kappa shape index (κ3) is 3.28. The number of rotatable bonds is 5. The molecule has 4 nitrogen and oxygen atoms in total. The zero-order valence-corrected chi connectivity index (χ0v) is 11.2. The van der Waals surface area contributed by atoms with Gasteiger partial charge in [-0.1, -0.05) is 12.1 Å². The molecule has 2 aromatic carbocycles. The summed E-state index contributed by atoms with van der Waals surface area (Å²) in [5, 5.41) is 18.2. The van der Waals surface area contributed by atoms with Crippen LogP contribution in [-0.4, -0.2) is 12.2 Å². The lowest BCUT2D eigenvalue weighted by molar-refractivity contribution is 0.258. The molecule has 2 aromatic rings. The van der Waals surface area contributed by atoms with Crippen LogP contribution in [0.3, 0.4) is 0 Å². The lowest BCUT2D eigenvalue weighted by Gasteiger charge is -2.12. The quantitative estimate of drug-likeness (QED) is 0.906. The number of benzene rings is 2. The van der Waals surface area contributed by atoms with Crippen molar-refractivity contribution in [2.75, 3.05) is 7.11 Å². The molecule has 0 fully saturated rings. The van der Waals surface area contributed by atoms with E-state index < -0.39 is 0 Å². The van der Waals surface area contributed by atoms with Crippen molar-refractivity contribution in [1.29, 1.82) is 5.26 Å². The molecule has 0 heterocycles. The predicted octanol–water partition coefficient (Wildman–Crippen LogP) is 2.64. The maximum atomic E-state index is 9.30. The fraction of sp³-hybridized carbons (Fsp3) is 0.188. The van der Waals surface area contributed by atoms with Gasteiger partial charge in [-0.05, 0) is 29.8 Å². The van der Waals surface area contributed by atoms with Crippen molar-refractivity contribution in [2.24, 2.45) is 0 Å². The Balaban J connectivity index is 2.15. The van der Waals surface area contributed by atoms with Gasteiger partial charge in [-0.3, -0.25) is 0 Å². The van der Waals surface area contributed by atoms with Crippen LogP contribution in [0, 0.1) is 11.3 Å². The first-order valence-corrected chi connectivity index (χ1v) is 6.16. The first kappa shape index (κ1) is 13.9. The second kappa shape index (κ2) is 6.60. The molecule has 102 valence electrons. The molecule has 0 saturated carbocycles. The van der Waals surface area contributed by atoms with Crippen molar-refractivity contribution in [3.63, 3.8) is 0 Å². The molecule has 0 amide bonds. The molecule has 0 aliphatic heterocycles. The Kier molecular flexibility index (Phi) is 4.59. The minimum absolute atomic E-state index is 0.0996. The molecule has 2 rings (SSSR count). The normalized spacial score (nSPS) is 9.85. The van der Waals surface area contributed by atoms with Crippen LogP contribution >= 0.6 is 0 Å². The van der Waals surface area contributed by atoms with Crippen LogP contribution in [0.1, 0.15) is 16.7 Å². The molecule has 0 aliphatic rings. The van der Waals surface area contributed by atoms with Crippen molar-refractivity contribution in [1.82, 2.24) is 0 Å². The molecule has 0 saturated heterocycles. The van der Waals surface area contributed by atoms with Crippen LogP contribution in [0.25, 0.3) is 0 Å². The Morgan fingerprint density at radius 3 is 2.75 bits per heavy atom. The van der Waals surface area contributed by atoms with Gasteiger partial charge in [-0.25, -0.2) is 0 Å². The summed E-state index contributed by atoms with van der Waals surface area (Å²) < 4.78 is 10.8. The van der Waals surface area contributed by atoms with E-state index in [0.717, 1.165) is 5.56 Å². The zero-order chi connectivity index (χ0) is 14.4. The summed E-state index contributed by atoms with van der Waals surface area (Å²) in [5.74, 6) is 1.25. The molecular weight excluding hydrogens is 254 g/mol. The molecule has 0 aromatic heterocycles. The molecule has 1 N–H and O–H groups in total. The summed E-state index contributed by atoms with van der Waals surface area (Å²) in [5.41, 5.74) is 2.19. The topological polar surface area (TPSA) is 62.5 Å². The number of hydrogen-bond donors (Lipinski definition) is 1. The van der Waals surface area contributed by atoms with Gasteiger partial charge in [0.25, 0.3) is 0 Å². The monoisotopic (exact) mass is 269 g/mol. The van der Waals surface area contributed by atoms with Crippen LogP contribution in [0.4, 0.5) is 0 Å². The molecule has 4 heteroatoms. The van der Waals surface area contributed by atoms with E-state index in [2.05, 4.69) is 6.07 Å². The predicted molar refractivity (Wildman–Crippen MR) is 74.4 cm³/mol. The Hall–Kier alpha value is -2.51. The number of ether oxygens (including phenoxy) is 2. The van der Waals surface area contributed by atoms with Gasteiger partial charge in [0.2, 0.25) is 0 Å². The summed E-state index contributed by atoms with van der Waals surface area (Å²) in [6.45, 7) is 0.229. The molecule has 0 unspecified atom stereocenters. The van der Waals surface area contributed by atoms with Gasteiger partial charge in [0.15, 0.2) is 0 Å². The van der Waals surface area contributed by atoms with Crippen molar-refractivity contribution in [2.45, 2.75) is 13.2 Å². The Bertz CT molecular complexity index is 632. The smallest absolute Gasteiger partial charge is 0.129 e. The highest BCUT2D eigenvalue weighted by Crippen LogP contribution is 2.25. The fourth-order valence-corrected chi connectivity index (χ4v) is 1.82. The Labute approximate surface area is 117 Å². The standard InChI is InChI=1S/C16H15NO3/c1-19-15-6-5-14(10-18)16(8-15)20-11-13-4-2-3-12(7-13)9-17/h2-8,18H,10-11H2,1H3. The summed E-state index contributed by atoms with van der Waals surface area (Å²) in [6, 6.07) is 14.6. The number of nitriles is 1. The van der Waals surface area contributed by atoms with Gasteiger partial charge in [-0.2, -0.15) is 5.26 Å². The van der Waals surface area contributed by atoms with Gasteiger partial charge in [0, 0.05) is 11.6 Å². The summed E-state index contributed by atoms with van der Waals surface area (Å²) in [4.78, 5) is 0. The number of hydrogen-bond acceptors (Lipinski definition) is 4. The van der Waals surface area contributed by atoms with Crippen molar-refractivity contribution in [3.8, 4) is 17.6 Å². The maximum Gasteiger partial charge on any atom is 0.129 e. The molecule has 0 aliphatic carbocycles. The SMILES string of the molecule is COc1ccc(CO)c(OCc2cccc(C#N)c2)c1. The number of methoxy groups -OCH3 is 1. The van der Waals surface area contributed by atoms with Crippen molar-refractivity contribution < 1.29 is 14.6 Å². The third-order valence-corrected chi connectivity index (χ3v) is 2.90. The Morgan fingerprint density at radius 1 is 1.20 bits per heavy atom. The van der Waals surface area contributed by atoms with Crippen LogP contribution in [-0.2, 0) is 13.2 Å². The van der Waals surface area contributed by atoms with E-state index >= 15 is 0 Å². The second-order valence-corrected chi connectivity index (χ2v) is 4.23. The van der Waals surface area contributed by atoms with E-state index in [1.807, 2.05) is 12.1 Å². The van der Waals surface area contributed by atoms with E-state index in [-0.39, 0.29) is 6.61 Å². The molecule has 0 radical (unpaired) electrons. The number of aliphatic hydroxyl groups excluding tert-OH is 1. The lowest BCUT2D eigenvalue weighted by atomic mass is 10.1. The van der Waals surface area contributed by atoms with Gasteiger partial charge in [0.05, 0.1) is 25.3 Å². The zero-order valence-electron chi connectivity index (χ0n) is 11.2. The van der Waals surface area contributed by atoms with Crippen molar-refractivity contribution in [3.05, 3.63) is 59.2 Å². The van der Waals surface area contributed by atoms with Gasteiger partial charge >= 0.3 is 0 Å². The molecular formula is C16H15NO3. The van der Waals surface area contributed by atoms with E-state index in [4.69, 9.17) is 14.7 Å². The molecule has 0 spiro atoms. The second-order valence-electron chi connectivity index (χ2n) is 4.23. The van der Waals surface area contributed by atoms with Crippen molar-refractivity contribution >= 4 is 0 Å². The van der Waals surface area contributed by atoms with Crippen LogP contribution < -0.4 is 9.47 Å². The van der Waals surface area contributed by atoms with Crippen LogP contribution in [0.2, 0.25) is 0 Å². The van der Waals surface area contributed by atoms with E-state index in [1.165, 1.54) is 0 Å². The summed E-state index contributed by atoms with van der Waals surface area (Å²) in [6.07, 6.45) is 0. The summed E-state index contributed by atoms with van der Waals surface area (Å²) in [7, 11) is 1.58. The van der Waals surface area contributed by atoms with Gasteiger partial charge in [-0.15, -0.1) is 0 Å². The first-order valence-electron chi connectivity index (χ1n) is 6.16. The van der Waals surface area contributed by atoms with Gasteiger partial charge in [0.1, 0.15) is 18.1 Å². The fourth-order valence-electron chi connectivity index (χ4n) is 1.82. The first-order chi connectivity index (χ1) is 9.76. The molecule has 20 heavy (non-hydrogen) atoms. The average Bonchev–Trinajstić information content (AvgIpc) is 2.52. The number of aliphatic hydroxyl groups is 1. The number of nitrogens with zero attached hydrogens (tertiary/aromatic N) is 1. The minimum atomic E-state index is -0.0996. The molecule has 0 atom stereocenters. The molecule has 0 bridgehead atoms. The Morgan fingerprint density at radius 2 is 2.05 bits per heavy atom. The van der Waals surface area contributed by atoms with Crippen LogP contribution in [0.5, 0.6) is 11.5 Å². The van der Waals surface area contributed by atoms with Crippen LogP contribution in [0.15, 0.2) is 42.5 Å². The maximum absolute atomic E-state index is 9.30. The highest BCUT2D eigenvalue weighted by atomic mass is 16.5. The van der Waals surface area contributed by atoms with E-state index in [0.29, 0.717) is 29.2 Å². The van der Waals surface area contributed by atoms with Gasteiger partial charge < -0.3 is 14.6 Å². The highest BCUT2D eigenvalue weighted by Gasteiger charge is 2.06. The van der Waals surface area contributed by atoms with E-state index in [1.54, 1.807) is 37.4 Å². The average molecular weight is 269 g/mol. The lowest BCUT2D eigenvalue weighted by Crippen LogP contribution is -1.99. The minimum Gasteiger partial charge on any atom is -0.497 e. The third-order valence-electron chi connectivity index (χ3n) is 2.90.